The zero-order valence-electron chi connectivity index (χ0n) is 10.3. The summed E-state index contributed by atoms with van der Waals surface area (Å²) in [4.78, 5) is 12.5. The van der Waals surface area contributed by atoms with E-state index in [-0.39, 0.29) is 0 Å². The van der Waals surface area contributed by atoms with E-state index >= 15 is 0 Å². The zero-order valence-corrected chi connectivity index (χ0v) is 10.3. The van der Waals surface area contributed by atoms with Crippen molar-refractivity contribution in [2.24, 2.45) is 0 Å². The van der Waals surface area contributed by atoms with Crippen molar-refractivity contribution in [3.63, 3.8) is 0 Å². The molecule has 1 aromatic carbocycles. The molecule has 5 heteroatoms. The molecule has 96 valence electrons. The van der Waals surface area contributed by atoms with Crippen LogP contribution in [-0.2, 0) is 9.47 Å². The van der Waals surface area contributed by atoms with Gasteiger partial charge in [-0.05, 0) is 11.6 Å². The first-order chi connectivity index (χ1) is 8.67. The van der Waals surface area contributed by atoms with Crippen LogP contribution in [0, 0.1) is 0 Å². The standard InChI is InChI=1S/C13H15NO4/c1-17-12(18-2)10-6-5-9-4-3-7-14(13(15)16)11(9)8-10/h3-6,8,12H,7H2,1-2H3,(H,15,16). The molecule has 0 saturated heterocycles. The van der Waals surface area contributed by atoms with Crippen LogP contribution in [0.3, 0.4) is 0 Å². The van der Waals surface area contributed by atoms with Crippen LogP contribution in [0.4, 0.5) is 10.5 Å². The molecule has 0 unspecified atom stereocenters. The van der Waals surface area contributed by atoms with Crippen LogP contribution in [0.5, 0.6) is 0 Å². The van der Waals surface area contributed by atoms with Gasteiger partial charge in [0, 0.05) is 26.3 Å². The molecule has 0 spiro atoms. The molecular formula is C13H15NO4. The number of rotatable bonds is 3. The third-order valence-corrected chi connectivity index (χ3v) is 2.86. The molecule has 18 heavy (non-hydrogen) atoms. The van der Waals surface area contributed by atoms with Gasteiger partial charge in [-0.3, -0.25) is 4.90 Å². The Morgan fingerprint density at radius 2 is 2.11 bits per heavy atom. The second-order valence-corrected chi connectivity index (χ2v) is 3.92. The molecule has 1 amide bonds. The summed E-state index contributed by atoms with van der Waals surface area (Å²) in [7, 11) is 3.09. The average molecular weight is 249 g/mol. The molecule has 1 N–H and O–H groups in total. The van der Waals surface area contributed by atoms with E-state index in [0.29, 0.717) is 12.2 Å². The smallest absolute Gasteiger partial charge is 0.412 e. The van der Waals surface area contributed by atoms with Gasteiger partial charge in [0.2, 0.25) is 0 Å². The number of hydrogen-bond donors (Lipinski definition) is 1. The average Bonchev–Trinajstić information content (AvgIpc) is 2.39. The van der Waals surface area contributed by atoms with Crippen molar-refractivity contribution in [3.8, 4) is 0 Å². The third kappa shape index (κ3) is 2.23. The molecule has 0 fully saturated rings. The Morgan fingerprint density at radius 1 is 1.39 bits per heavy atom. The molecule has 1 aliphatic rings. The maximum atomic E-state index is 11.2. The lowest BCUT2D eigenvalue weighted by atomic mass is 10.0. The molecule has 2 rings (SSSR count). The molecule has 0 atom stereocenters. The number of anilines is 1. The van der Waals surface area contributed by atoms with Crippen molar-refractivity contribution >= 4 is 17.9 Å². The van der Waals surface area contributed by atoms with Crippen molar-refractivity contribution < 1.29 is 19.4 Å². The molecule has 0 radical (unpaired) electrons. The highest BCUT2D eigenvalue weighted by molar-refractivity contribution is 5.91. The first kappa shape index (κ1) is 12.6. The van der Waals surface area contributed by atoms with Crippen LogP contribution < -0.4 is 4.90 Å². The van der Waals surface area contributed by atoms with Crippen molar-refractivity contribution in [3.05, 3.63) is 35.4 Å². The van der Waals surface area contributed by atoms with Crippen LogP contribution in [0.15, 0.2) is 24.3 Å². The fourth-order valence-corrected chi connectivity index (χ4v) is 2.01. The summed E-state index contributed by atoms with van der Waals surface area (Å²) in [6.07, 6.45) is 2.27. The van der Waals surface area contributed by atoms with E-state index in [1.165, 1.54) is 4.90 Å². The number of hydrogen-bond acceptors (Lipinski definition) is 3. The van der Waals surface area contributed by atoms with E-state index in [2.05, 4.69) is 0 Å². The first-order valence-electron chi connectivity index (χ1n) is 5.54. The molecule has 1 aromatic rings. The van der Waals surface area contributed by atoms with E-state index in [1.807, 2.05) is 24.3 Å². The van der Waals surface area contributed by atoms with E-state index in [0.717, 1.165) is 11.1 Å². The van der Waals surface area contributed by atoms with Crippen molar-refractivity contribution in [2.45, 2.75) is 6.29 Å². The van der Waals surface area contributed by atoms with Gasteiger partial charge in [0.25, 0.3) is 0 Å². The van der Waals surface area contributed by atoms with Crippen LogP contribution in [0.1, 0.15) is 17.4 Å². The third-order valence-electron chi connectivity index (χ3n) is 2.86. The molecular weight excluding hydrogens is 234 g/mol. The predicted molar refractivity (Wildman–Crippen MR) is 67.6 cm³/mol. The van der Waals surface area contributed by atoms with E-state index in [9.17, 15) is 4.79 Å². The molecule has 0 aromatic heterocycles. The second-order valence-electron chi connectivity index (χ2n) is 3.92. The summed E-state index contributed by atoms with van der Waals surface area (Å²) in [6, 6.07) is 5.51. The zero-order chi connectivity index (χ0) is 13.1. The Balaban J connectivity index is 2.43. The summed E-state index contributed by atoms with van der Waals surface area (Å²) in [5, 5.41) is 9.16. The molecule has 1 heterocycles. The van der Waals surface area contributed by atoms with E-state index in [1.54, 1.807) is 20.3 Å². The van der Waals surface area contributed by atoms with Gasteiger partial charge < -0.3 is 14.6 Å². The predicted octanol–water partition coefficient (Wildman–Crippen LogP) is 2.49. The van der Waals surface area contributed by atoms with Gasteiger partial charge in [-0.25, -0.2) is 4.79 Å². The number of benzene rings is 1. The lowest BCUT2D eigenvalue weighted by Gasteiger charge is -2.25. The topological polar surface area (TPSA) is 59.0 Å². The minimum absolute atomic E-state index is 0.358. The number of methoxy groups -OCH3 is 2. The lowest BCUT2D eigenvalue weighted by Crippen LogP contribution is -2.31. The Bertz CT molecular complexity index is 480. The second kappa shape index (κ2) is 5.20. The quantitative estimate of drug-likeness (QED) is 0.836. The van der Waals surface area contributed by atoms with Gasteiger partial charge >= 0.3 is 6.09 Å². The van der Waals surface area contributed by atoms with E-state index < -0.39 is 12.4 Å². The van der Waals surface area contributed by atoms with Gasteiger partial charge in [-0.1, -0.05) is 24.3 Å². The van der Waals surface area contributed by atoms with Crippen molar-refractivity contribution in [1.29, 1.82) is 0 Å². The number of ether oxygens (including phenoxy) is 2. The Kier molecular flexibility index (Phi) is 3.64. The number of carbonyl (C=O) groups is 1. The molecule has 0 saturated carbocycles. The molecule has 0 aliphatic carbocycles. The SMILES string of the molecule is COC(OC)c1ccc2c(c1)N(C(=O)O)CC=C2. The summed E-state index contributed by atoms with van der Waals surface area (Å²) in [5.74, 6) is 0. The van der Waals surface area contributed by atoms with Gasteiger partial charge in [-0.15, -0.1) is 0 Å². The maximum Gasteiger partial charge on any atom is 0.412 e. The van der Waals surface area contributed by atoms with Crippen molar-refractivity contribution in [2.75, 3.05) is 25.7 Å². The number of carboxylic acid groups (broad SMARTS) is 1. The normalized spacial score (nSPS) is 13.8. The summed E-state index contributed by atoms with van der Waals surface area (Å²) in [5.41, 5.74) is 2.32. The highest BCUT2D eigenvalue weighted by atomic mass is 16.7. The minimum atomic E-state index is -0.968. The highest BCUT2D eigenvalue weighted by Gasteiger charge is 2.21. The van der Waals surface area contributed by atoms with Gasteiger partial charge in [0.1, 0.15) is 0 Å². The van der Waals surface area contributed by atoms with E-state index in [4.69, 9.17) is 14.6 Å². The Hall–Kier alpha value is -1.85. The van der Waals surface area contributed by atoms with Crippen molar-refractivity contribution in [1.82, 2.24) is 0 Å². The first-order valence-corrected chi connectivity index (χ1v) is 5.54. The summed E-state index contributed by atoms with van der Waals surface area (Å²) in [6.45, 7) is 0.358. The summed E-state index contributed by atoms with van der Waals surface area (Å²) >= 11 is 0. The minimum Gasteiger partial charge on any atom is -0.465 e. The monoisotopic (exact) mass is 249 g/mol. The molecule has 5 nitrogen and oxygen atoms in total. The van der Waals surface area contributed by atoms with Crippen LogP contribution >= 0.6 is 0 Å². The van der Waals surface area contributed by atoms with Gasteiger partial charge in [0.15, 0.2) is 6.29 Å². The Labute approximate surface area is 105 Å². The van der Waals surface area contributed by atoms with Crippen LogP contribution in [0.25, 0.3) is 6.08 Å². The van der Waals surface area contributed by atoms with Gasteiger partial charge in [-0.2, -0.15) is 0 Å². The largest absolute Gasteiger partial charge is 0.465 e. The number of amides is 1. The fraction of sp³-hybridized carbons (Fsp3) is 0.308. The fourth-order valence-electron chi connectivity index (χ4n) is 2.01. The molecule has 1 aliphatic heterocycles. The molecule has 0 bridgehead atoms. The summed E-state index contributed by atoms with van der Waals surface area (Å²) < 4.78 is 10.3. The van der Waals surface area contributed by atoms with Gasteiger partial charge in [0.05, 0.1) is 5.69 Å². The van der Waals surface area contributed by atoms with Crippen LogP contribution in [0.2, 0.25) is 0 Å². The Morgan fingerprint density at radius 3 is 2.72 bits per heavy atom. The number of fused-ring (bicyclic) bond motifs is 1. The maximum absolute atomic E-state index is 11.2. The number of nitrogens with zero attached hydrogens (tertiary/aromatic N) is 1. The van der Waals surface area contributed by atoms with Crippen LogP contribution in [-0.4, -0.2) is 32.0 Å². The highest BCUT2D eigenvalue weighted by Crippen LogP contribution is 2.30. The lowest BCUT2D eigenvalue weighted by molar-refractivity contribution is -0.106.